The second-order valence-corrected chi connectivity index (χ2v) is 12.5. The number of nitrogens with one attached hydrogen (secondary N) is 2. The third-order valence-corrected chi connectivity index (χ3v) is 8.46. The van der Waals surface area contributed by atoms with Gasteiger partial charge in [0.15, 0.2) is 24.8 Å². The van der Waals surface area contributed by atoms with Gasteiger partial charge in [-0.05, 0) is 32.2 Å². The van der Waals surface area contributed by atoms with E-state index in [0.29, 0.717) is 6.73 Å². The molecule has 8 heteroatoms. The van der Waals surface area contributed by atoms with Crippen LogP contribution in [-0.2, 0) is 13.1 Å². The zero-order chi connectivity index (χ0) is 31.3. The van der Waals surface area contributed by atoms with E-state index < -0.39 is 0 Å². The van der Waals surface area contributed by atoms with Crippen LogP contribution in [0.1, 0.15) is 153 Å². The van der Waals surface area contributed by atoms with Gasteiger partial charge in [-0.1, -0.05) is 104 Å². The summed E-state index contributed by atoms with van der Waals surface area (Å²) in [5.41, 5.74) is 0.748. The minimum Gasteiger partial charge on any atom is -1.00 e. The van der Waals surface area contributed by atoms with Crippen LogP contribution in [0.2, 0.25) is 0 Å². The van der Waals surface area contributed by atoms with Gasteiger partial charge in [-0.3, -0.25) is 10.1 Å². The molecule has 0 aliphatic carbocycles. The highest BCUT2D eigenvalue weighted by atomic mass is 79.9. The standard InChI is InChI=1S/C38H65N4O2.2BrH/c1-3-5-7-9-11-13-17-21-29-41-31-23-36(24-32-41)38(43)40-28-20-16-15-19-27-39-35-44-37-25-33-42(34-26-37)30-22-18-14-12-10-8-6-4-2;;/h23-26,31-34,39H,3-22,27-30,35H2,1-2H3;2*1H/q+1;;/p-1. The van der Waals surface area contributed by atoms with Crippen molar-refractivity contribution in [2.75, 3.05) is 19.8 Å². The second-order valence-electron chi connectivity index (χ2n) is 12.5. The molecule has 2 rings (SSSR count). The number of unbranched alkanes of at least 4 members (excludes halogenated alkanes) is 17. The summed E-state index contributed by atoms with van der Waals surface area (Å²) in [7, 11) is 0. The average molecular weight is 771 g/mol. The van der Waals surface area contributed by atoms with E-state index in [2.05, 4.69) is 58.1 Å². The summed E-state index contributed by atoms with van der Waals surface area (Å²) in [6.45, 7) is 8.87. The number of aromatic nitrogens is 2. The first-order chi connectivity index (χ1) is 21.7. The van der Waals surface area contributed by atoms with Gasteiger partial charge in [0.05, 0.1) is 5.56 Å². The van der Waals surface area contributed by atoms with Crippen LogP contribution in [0.3, 0.4) is 0 Å². The molecule has 46 heavy (non-hydrogen) atoms. The summed E-state index contributed by atoms with van der Waals surface area (Å²) in [4.78, 5) is 12.5. The third kappa shape index (κ3) is 23.8. The smallest absolute Gasteiger partial charge is 0.251 e. The Morgan fingerprint density at radius 1 is 0.565 bits per heavy atom. The molecule has 0 atom stereocenters. The molecule has 2 N–H and O–H groups in total. The fraction of sp³-hybridized carbons (Fsp3) is 0.711. The molecule has 6 nitrogen and oxygen atoms in total. The number of amides is 1. The largest absolute Gasteiger partial charge is 1.00 e. The molecule has 0 aliphatic rings. The molecule has 2 heterocycles. The monoisotopic (exact) mass is 768 g/mol. The van der Waals surface area contributed by atoms with Crippen molar-refractivity contribution in [1.82, 2.24) is 10.6 Å². The Hall–Kier alpha value is -1.51. The number of rotatable bonds is 29. The van der Waals surface area contributed by atoms with Gasteiger partial charge in [0.1, 0.15) is 25.6 Å². The van der Waals surface area contributed by atoms with Crippen molar-refractivity contribution in [1.29, 1.82) is 0 Å². The van der Waals surface area contributed by atoms with Crippen LogP contribution in [0.4, 0.5) is 0 Å². The van der Waals surface area contributed by atoms with Crippen LogP contribution in [0, 0.1) is 0 Å². The number of halogens is 2. The lowest BCUT2D eigenvalue weighted by molar-refractivity contribution is -0.697. The van der Waals surface area contributed by atoms with Gasteiger partial charge in [0.2, 0.25) is 0 Å². The first-order valence-corrected chi connectivity index (χ1v) is 18.3. The molecule has 0 fully saturated rings. The van der Waals surface area contributed by atoms with Crippen LogP contribution in [0.5, 0.6) is 5.75 Å². The van der Waals surface area contributed by atoms with Crippen LogP contribution in [0.15, 0.2) is 49.1 Å². The SMILES string of the molecule is CCCCCCCCCC[n+]1ccc(OCNCCCCCCNC(=O)c2cc[n+](CCCCCCCCCC)cc2)cc1.[Br-].[Br-]. The molecule has 264 valence electrons. The molecule has 0 saturated carbocycles. The summed E-state index contributed by atoms with van der Waals surface area (Å²) in [5, 5.41) is 6.45. The van der Waals surface area contributed by atoms with Crippen LogP contribution in [0.25, 0.3) is 0 Å². The maximum atomic E-state index is 12.5. The highest BCUT2D eigenvalue weighted by Gasteiger charge is 2.08. The normalized spacial score (nSPS) is 10.7. The van der Waals surface area contributed by atoms with Gasteiger partial charge < -0.3 is 44.0 Å². The molecule has 0 saturated heterocycles. The number of hydrogen-bond donors (Lipinski definition) is 2. The van der Waals surface area contributed by atoms with Crippen LogP contribution < -0.4 is 58.5 Å². The van der Waals surface area contributed by atoms with Gasteiger partial charge in [0.25, 0.3) is 5.91 Å². The Kier molecular flexibility index (Phi) is 31.0. The van der Waals surface area contributed by atoms with Crippen molar-refractivity contribution in [2.24, 2.45) is 0 Å². The van der Waals surface area contributed by atoms with Gasteiger partial charge in [0, 0.05) is 43.7 Å². The number of nitrogens with zero attached hydrogens (tertiary/aromatic N) is 2. The van der Waals surface area contributed by atoms with E-state index in [1.165, 1.54) is 103 Å². The Bertz CT molecular complexity index is 945. The second kappa shape index (κ2) is 32.1. The lowest BCUT2D eigenvalue weighted by Gasteiger charge is -2.08. The number of carbonyl (C=O) groups excluding carboxylic acids is 1. The maximum Gasteiger partial charge on any atom is 0.251 e. The third-order valence-electron chi connectivity index (χ3n) is 8.46. The Labute approximate surface area is 303 Å². The first-order valence-electron chi connectivity index (χ1n) is 18.3. The molecular formula is C38H66Br2N4O2. The van der Waals surface area contributed by atoms with E-state index in [4.69, 9.17) is 4.74 Å². The number of aryl methyl sites for hydroxylation is 2. The number of hydrogen-bond acceptors (Lipinski definition) is 3. The zero-order valence-electron chi connectivity index (χ0n) is 29.3. The fourth-order valence-electron chi connectivity index (χ4n) is 5.54. The fourth-order valence-corrected chi connectivity index (χ4v) is 5.54. The van der Waals surface area contributed by atoms with Crippen molar-refractivity contribution >= 4 is 5.91 Å². The van der Waals surface area contributed by atoms with E-state index in [9.17, 15) is 4.79 Å². The van der Waals surface area contributed by atoms with E-state index in [0.717, 1.165) is 63.2 Å². The van der Waals surface area contributed by atoms with Crippen molar-refractivity contribution in [2.45, 2.75) is 155 Å². The Morgan fingerprint density at radius 2 is 0.978 bits per heavy atom. The summed E-state index contributed by atoms with van der Waals surface area (Å²) in [5.74, 6) is 0.944. The quantitative estimate of drug-likeness (QED) is 0.0761. The predicted molar refractivity (Wildman–Crippen MR) is 183 cm³/mol. The zero-order valence-corrected chi connectivity index (χ0v) is 32.4. The van der Waals surface area contributed by atoms with E-state index in [-0.39, 0.29) is 39.9 Å². The van der Waals surface area contributed by atoms with Crippen molar-refractivity contribution in [3.05, 3.63) is 54.6 Å². The topological polar surface area (TPSA) is 58.1 Å². The molecule has 0 aromatic carbocycles. The van der Waals surface area contributed by atoms with E-state index in [1.54, 1.807) is 0 Å². The summed E-state index contributed by atoms with van der Waals surface area (Å²) in [6.07, 6.45) is 34.2. The minimum absolute atomic E-state index is 0. The lowest BCUT2D eigenvalue weighted by atomic mass is 10.1. The number of ether oxygens (including phenoxy) is 1. The van der Waals surface area contributed by atoms with Gasteiger partial charge in [-0.2, -0.15) is 0 Å². The molecule has 0 bridgehead atoms. The van der Waals surface area contributed by atoms with Gasteiger partial charge in [-0.25, -0.2) is 9.13 Å². The van der Waals surface area contributed by atoms with Crippen molar-refractivity contribution in [3.63, 3.8) is 0 Å². The van der Waals surface area contributed by atoms with E-state index >= 15 is 0 Å². The maximum absolute atomic E-state index is 12.5. The average Bonchev–Trinajstić information content (AvgIpc) is 3.05. The van der Waals surface area contributed by atoms with Crippen molar-refractivity contribution in [3.8, 4) is 5.75 Å². The Balaban J connectivity index is 0.0000101. The summed E-state index contributed by atoms with van der Waals surface area (Å²) >= 11 is 0. The predicted octanol–water partition coefficient (Wildman–Crippen LogP) is 2.47. The first kappa shape index (κ1) is 44.5. The highest BCUT2D eigenvalue weighted by Crippen LogP contribution is 2.10. The summed E-state index contributed by atoms with van der Waals surface area (Å²) < 4.78 is 10.3. The van der Waals surface area contributed by atoms with E-state index in [1.807, 2.05) is 24.5 Å². The molecule has 2 aromatic heterocycles. The molecular weight excluding hydrogens is 704 g/mol. The molecule has 0 unspecified atom stereocenters. The van der Waals surface area contributed by atoms with Crippen LogP contribution >= 0.6 is 0 Å². The Morgan fingerprint density at radius 3 is 1.48 bits per heavy atom. The molecule has 0 radical (unpaired) electrons. The highest BCUT2D eigenvalue weighted by molar-refractivity contribution is 5.93. The summed E-state index contributed by atoms with van der Waals surface area (Å²) in [6, 6.07) is 8.01. The number of carbonyl (C=O) groups is 1. The molecule has 2 aromatic rings. The molecule has 0 aliphatic heterocycles. The lowest BCUT2D eigenvalue weighted by Crippen LogP contribution is -3.00. The van der Waals surface area contributed by atoms with Crippen molar-refractivity contribution < 1.29 is 52.6 Å². The minimum atomic E-state index is 0. The number of pyridine rings is 2. The molecule has 1 amide bonds. The molecule has 0 spiro atoms. The van der Waals surface area contributed by atoms with Crippen LogP contribution in [-0.4, -0.2) is 25.7 Å². The van der Waals surface area contributed by atoms with Gasteiger partial charge >= 0.3 is 0 Å². The van der Waals surface area contributed by atoms with Gasteiger partial charge in [-0.15, -0.1) is 0 Å².